The average molecular weight is 244 g/mol. The highest BCUT2D eigenvalue weighted by Crippen LogP contribution is 2.20. The van der Waals surface area contributed by atoms with E-state index in [0.29, 0.717) is 6.61 Å². The van der Waals surface area contributed by atoms with Gasteiger partial charge in [-0.05, 0) is 30.7 Å². The van der Waals surface area contributed by atoms with Gasteiger partial charge in [-0.15, -0.1) is 12.4 Å². The van der Waals surface area contributed by atoms with Crippen molar-refractivity contribution in [2.24, 2.45) is 0 Å². The first-order chi connectivity index (χ1) is 7.13. The summed E-state index contributed by atoms with van der Waals surface area (Å²) in [6.07, 6.45) is 2.89. The number of halogens is 1. The highest BCUT2D eigenvalue weighted by Gasteiger charge is 1.97. The van der Waals surface area contributed by atoms with Crippen molar-refractivity contribution in [2.75, 3.05) is 12.3 Å². The summed E-state index contributed by atoms with van der Waals surface area (Å²) in [5.41, 5.74) is 6.50. The molecule has 0 saturated carbocycles. The van der Waals surface area contributed by atoms with Gasteiger partial charge in [-0.1, -0.05) is 6.07 Å². The number of hydrogen-bond donors (Lipinski definition) is 2. The standard InChI is InChI=1S/C11H13NO3.ClH/c1-2-15-11(14)6-4-8-3-5-10(13)9(12)7-8;/h3-7,13H,2,12H2,1H3;1H. The van der Waals surface area contributed by atoms with Crippen LogP contribution in [0.5, 0.6) is 5.75 Å². The summed E-state index contributed by atoms with van der Waals surface area (Å²) >= 11 is 0. The van der Waals surface area contributed by atoms with Crippen LogP contribution < -0.4 is 5.73 Å². The van der Waals surface area contributed by atoms with E-state index in [9.17, 15) is 4.79 Å². The number of benzene rings is 1. The Morgan fingerprint density at radius 3 is 2.81 bits per heavy atom. The second kappa shape index (κ2) is 6.74. The summed E-state index contributed by atoms with van der Waals surface area (Å²) in [5, 5.41) is 9.16. The van der Waals surface area contributed by atoms with Gasteiger partial charge in [0, 0.05) is 6.08 Å². The largest absolute Gasteiger partial charge is 0.506 e. The van der Waals surface area contributed by atoms with E-state index in [4.69, 9.17) is 15.6 Å². The zero-order chi connectivity index (χ0) is 11.3. The van der Waals surface area contributed by atoms with Crippen LogP contribution in [0.3, 0.4) is 0 Å². The van der Waals surface area contributed by atoms with Crippen molar-refractivity contribution in [1.82, 2.24) is 0 Å². The molecular weight excluding hydrogens is 230 g/mol. The topological polar surface area (TPSA) is 72.5 Å². The summed E-state index contributed by atoms with van der Waals surface area (Å²) in [4.78, 5) is 11.0. The minimum Gasteiger partial charge on any atom is -0.506 e. The lowest BCUT2D eigenvalue weighted by atomic mass is 10.2. The maximum absolute atomic E-state index is 11.0. The monoisotopic (exact) mass is 243 g/mol. The first kappa shape index (κ1) is 14.3. The van der Waals surface area contributed by atoms with E-state index >= 15 is 0 Å². The van der Waals surface area contributed by atoms with Crippen LogP contribution in [0.4, 0.5) is 5.69 Å². The Bertz CT molecular complexity index is 391. The number of carbonyl (C=O) groups excluding carboxylic acids is 1. The van der Waals surface area contributed by atoms with E-state index in [1.165, 1.54) is 12.1 Å². The molecule has 16 heavy (non-hydrogen) atoms. The zero-order valence-corrected chi connectivity index (χ0v) is 9.66. The molecule has 4 nitrogen and oxygen atoms in total. The lowest BCUT2D eigenvalue weighted by Gasteiger charge is -1.99. The third-order valence-corrected chi connectivity index (χ3v) is 1.75. The number of nitrogen functional groups attached to an aromatic ring is 1. The fraction of sp³-hybridized carbons (Fsp3) is 0.182. The maximum atomic E-state index is 11.0. The number of ether oxygens (including phenoxy) is 1. The number of anilines is 1. The first-order valence-electron chi connectivity index (χ1n) is 4.57. The van der Waals surface area contributed by atoms with Gasteiger partial charge in [-0.3, -0.25) is 0 Å². The molecule has 0 spiro atoms. The van der Waals surface area contributed by atoms with Gasteiger partial charge in [0.2, 0.25) is 0 Å². The van der Waals surface area contributed by atoms with Crippen LogP contribution in [0.2, 0.25) is 0 Å². The molecule has 0 aliphatic carbocycles. The molecule has 0 bridgehead atoms. The van der Waals surface area contributed by atoms with Gasteiger partial charge in [0.05, 0.1) is 12.3 Å². The number of carbonyl (C=O) groups is 1. The Hall–Kier alpha value is -1.68. The van der Waals surface area contributed by atoms with Gasteiger partial charge in [-0.25, -0.2) is 4.79 Å². The molecule has 0 aromatic heterocycles. The molecule has 0 saturated heterocycles. The number of hydrogen-bond acceptors (Lipinski definition) is 4. The van der Waals surface area contributed by atoms with Crippen LogP contribution in [0.15, 0.2) is 24.3 Å². The van der Waals surface area contributed by atoms with Gasteiger partial charge in [-0.2, -0.15) is 0 Å². The summed E-state index contributed by atoms with van der Waals surface area (Å²) in [6, 6.07) is 4.70. The van der Waals surface area contributed by atoms with E-state index in [0.717, 1.165) is 5.56 Å². The Kier molecular flexibility index (Phi) is 6.03. The van der Waals surface area contributed by atoms with E-state index in [2.05, 4.69) is 0 Å². The Labute approximate surface area is 100 Å². The van der Waals surface area contributed by atoms with Crippen molar-refractivity contribution in [3.8, 4) is 5.75 Å². The smallest absolute Gasteiger partial charge is 0.330 e. The normalized spacial score (nSPS) is 9.81. The van der Waals surface area contributed by atoms with Crippen LogP contribution in [-0.2, 0) is 9.53 Å². The van der Waals surface area contributed by atoms with Crippen molar-refractivity contribution in [2.45, 2.75) is 6.92 Å². The van der Waals surface area contributed by atoms with Crippen molar-refractivity contribution >= 4 is 30.1 Å². The summed E-state index contributed by atoms with van der Waals surface area (Å²) in [5.74, 6) is -0.368. The van der Waals surface area contributed by atoms with Crippen molar-refractivity contribution < 1.29 is 14.6 Å². The van der Waals surface area contributed by atoms with Crippen LogP contribution in [0.1, 0.15) is 12.5 Å². The molecule has 0 heterocycles. The number of aromatic hydroxyl groups is 1. The Morgan fingerprint density at radius 1 is 1.56 bits per heavy atom. The third-order valence-electron chi connectivity index (χ3n) is 1.75. The number of esters is 1. The molecule has 1 aromatic rings. The highest BCUT2D eigenvalue weighted by molar-refractivity contribution is 5.87. The van der Waals surface area contributed by atoms with Crippen molar-refractivity contribution in [3.05, 3.63) is 29.8 Å². The fourth-order valence-electron chi connectivity index (χ4n) is 1.03. The number of phenols is 1. The molecule has 0 aliphatic rings. The Morgan fingerprint density at radius 2 is 2.25 bits per heavy atom. The molecule has 0 unspecified atom stereocenters. The quantitative estimate of drug-likeness (QED) is 0.369. The lowest BCUT2D eigenvalue weighted by Crippen LogP contribution is -1.98. The van der Waals surface area contributed by atoms with Gasteiger partial charge < -0.3 is 15.6 Å². The molecule has 1 aromatic carbocycles. The van der Waals surface area contributed by atoms with Crippen molar-refractivity contribution in [1.29, 1.82) is 0 Å². The van der Waals surface area contributed by atoms with Gasteiger partial charge in [0.15, 0.2) is 0 Å². The second-order valence-electron chi connectivity index (χ2n) is 2.90. The minimum absolute atomic E-state index is 0. The average Bonchev–Trinajstić information content (AvgIpc) is 2.20. The molecule has 0 radical (unpaired) electrons. The number of phenolic OH excluding ortho intramolecular Hbond substituents is 1. The predicted molar refractivity (Wildman–Crippen MR) is 65.4 cm³/mol. The van der Waals surface area contributed by atoms with Gasteiger partial charge in [0.1, 0.15) is 5.75 Å². The fourth-order valence-corrected chi connectivity index (χ4v) is 1.03. The predicted octanol–water partition coefficient (Wildman–Crippen LogP) is 1.97. The van der Waals surface area contributed by atoms with Crippen LogP contribution in [0, 0.1) is 0 Å². The SMILES string of the molecule is CCOC(=O)C=Cc1ccc(O)c(N)c1.Cl. The highest BCUT2D eigenvalue weighted by atomic mass is 35.5. The maximum Gasteiger partial charge on any atom is 0.330 e. The van der Waals surface area contributed by atoms with E-state index in [1.807, 2.05) is 0 Å². The molecule has 88 valence electrons. The minimum atomic E-state index is -0.399. The number of rotatable bonds is 3. The van der Waals surface area contributed by atoms with Crippen molar-refractivity contribution in [3.63, 3.8) is 0 Å². The van der Waals surface area contributed by atoms with Gasteiger partial charge >= 0.3 is 5.97 Å². The molecular formula is C11H14ClNO3. The molecule has 0 fully saturated rings. The lowest BCUT2D eigenvalue weighted by molar-refractivity contribution is -0.137. The van der Waals surface area contributed by atoms with E-state index in [1.54, 1.807) is 25.1 Å². The number of nitrogens with two attached hydrogens (primary N) is 1. The van der Waals surface area contributed by atoms with Crippen LogP contribution >= 0.6 is 12.4 Å². The van der Waals surface area contributed by atoms with E-state index < -0.39 is 5.97 Å². The molecule has 3 N–H and O–H groups in total. The summed E-state index contributed by atoms with van der Waals surface area (Å²) in [7, 11) is 0. The summed E-state index contributed by atoms with van der Waals surface area (Å²) in [6.45, 7) is 2.09. The van der Waals surface area contributed by atoms with E-state index in [-0.39, 0.29) is 23.8 Å². The van der Waals surface area contributed by atoms with Gasteiger partial charge in [0.25, 0.3) is 0 Å². The molecule has 0 atom stereocenters. The summed E-state index contributed by atoms with van der Waals surface area (Å²) < 4.78 is 4.71. The zero-order valence-electron chi connectivity index (χ0n) is 8.84. The third kappa shape index (κ3) is 4.23. The molecule has 1 rings (SSSR count). The first-order valence-corrected chi connectivity index (χ1v) is 4.57. The second-order valence-corrected chi connectivity index (χ2v) is 2.90. The molecule has 5 heteroatoms. The molecule has 0 aliphatic heterocycles. The Balaban J connectivity index is 0.00000225. The van der Waals surface area contributed by atoms with Crippen LogP contribution in [0.25, 0.3) is 6.08 Å². The molecule has 0 amide bonds. The van der Waals surface area contributed by atoms with Crippen LogP contribution in [-0.4, -0.2) is 17.7 Å².